The molecule has 5 fully saturated rings. The minimum atomic E-state index is -0.253. The Morgan fingerprint density at radius 2 is 1.82 bits per heavy atom. The van der Waals surface area contributed by atoms with Gasteiger partial charge in [-0.2, -0.15) is 0 Å². The van der Waals surface area contributed by atoms with Crippen LogP contribution in [0.15, 0.2) is 24.4 Å². The molecule has 1 aliphatic heterocycles. The SMILES string of the molecule is C[C@H](CCC(=O)N1CCN(c2ccccn2)CC1)[C@H]1CC[C@H]2[C@@H]3CC[C@@H]4C[C@H](O)CC[C@]4(C)[C@H]3C[C@H](O)[C@]12C. The van der Waals surface area contributed by atoms with Gasteiger partial charge in [-0.15, -0.1) is 0 Å². The van der Waals surface area contributed by atoms with Crippen LogP contribution in [0.5, 0.6) is 0 Å². The van der Waals surface area contributed by atoms with Crippen molar-refractivity contribution in [2.45, 2.75) is 97.2 Å². The van der Waals surface area contributed by atoms with Gasteiger partial charge in [-0.1, -0.05) is 26.8 Å². The van der Waals surface area contributed by atoms with E-state index in [2.05, 4.69) is 30.7 Å². The molecule has 0 aromatic carbocycles. The predicted octanol–water partition coefficient (Wildman–Crippen LogP) is 5.14. The van der Waals surface area contributed by atoms with Gasteiger partial charge in [-0.05, 0) is 116 Å². The minimum Gasteiger partial charge on any atom is -0.393 e. The smallest absolute Gasteiger partial charge is 0.222 e. The molecule has 5 aliphatic rings. The summed E-state index contributed by atoms with van der Waals surface area (Å²) in [4.78, 5) is 22.0. The molecule has 2 N–H and O–H groups in total. The van der Waals surface area contributed by atoms with Gasteiger partial charge in [0.2, 0.25) is 5.91 Å². The second-order valence-corrected chi connectivity index (χ2v) is 14.5. The van der Waals surface area contributed by atoms with Crippen LogP contribution >= 0.6 is 0 Å². The van der Waals surface area contributed by atoms with Gasteiger partial charge in [-0.25, -0.2) is 4.98 Å². The van der Waals surface area contributed by atoms with E-state index in [0.717, 1.165) is 64.1 Å². The number of amides is 1. The van der Waals surface area contributed by atoms with Crippen LogP contribution in [0.1, 0.15) is 85.0 Å². The van der Waals surface area contributed by atoms with Crippen LogP contribution in [0.2, 0.25) is 0 Å². The van der Waals surface area contributed by atoms with Crippen LogP contribution < -0.4 is 4.90 Å². The van der Waals surface area contributed by atoms with Gasteiger partial charge in [0.05, 0.1) is 12.2 Å². The maximum Gasteiger partial charge on any atom is 0.222 e. The summed E-state index contributed by atoms with van der Waals surface area (Å²) in [5.41, 5.74) is 0.247. The summed E-state index contributed by atoms with van der Waals surface area (Å²) in [5.74, 6) is 4.75. The summed E-state index contributed by atoms with van der Waals surface area (Å²) in [6, 6.07) is 6.00. The van der Waals surface area contributed by atoms with E-state index in [1.165, 1.54) is 25.7 Å². The average Bonchev–Trinajstić information content (AvgIpc) is 3.32. The number of aliphatic hydroxyl groups is 2. The molecule has 6 nitrogen and oxygen atoms in total. The first-order chi connectivity index (χ1) is 18.7. The number of pyridine rings is 1. The van der Waals surface area contributed by atoms with Gasteiger partial charge < -0.3 is 20.0 Å². The molecule has 4 aliphatic carbocycles. The zero-order chi connectivity index (χ0) is 27.4. The molecule has 0 unspecified atom stereocenters. The third-order valence-corrected chi connectivity index (χ3v) is 12.9. The number of carbonyl (C=O) groups is 1. The fraction of sp³-hybridized carbons (Fsp3) is 0.818. The molecule has 0 spiro atoms. The second-order valence-electron chi connectivity index (χ2n) is 14.5. The van der Waals surface area contributed by atoms with Gasteiger partial charge >= 0.3 is 0 Å². The summed E-state index contributed by atoms with van der Waals surface area (Å²) < 4.78 is 0. The molecule has 216 valence electrons. The van der Waals surface area contributed by atoms with Crippen molar-refractivity contribution in [3.8, 4) is 0 Å². The van der Waals surface area contributed by atoms with Crippen molar-refractivity contribution in [1.29, 1.82) is 0 Å². The van der Waals surface area contributed by atoms with Gasteiger partial charge in [-0.3, -0.25) is 4.79 Å². The van der Waals surface area contributed by atoms with E-state index in [0.29, 0.717) is 41.9 Å². The molecule has 0 radical (unpaired) electrons. The molecule has 0 bridgehead atoms. The largest absolute Gasteiger partial charge is 0.393 e. The zero-order valence-electron chi connectivity index (χ0n) is 24.5. The van der Waals surface area contributed by atoms with Gasteiger partial charge in [0.1, 0.15) is 5.82 Å². The standard InChI is InChI=1S/C33H51N3O3/c1-22(7-12-31(39)36-18-16-35(17-19-36)30-6-4-5-15-34-30)26-10-11-27-25-9-8-23-20-24(37)13-14-32(23,2)28(25)21-29(38)33(26,27)3/h4-6,15,22-29,37-38H,7-14,16-21H2,1-3H3/t22-,23-,24-,25+,26-,27+,28+,29+,32+,33-/m1/s1. The quantitative estimate of drug-likeness (QED) is 0.544. The van der Waals surface area contributed by atoms with Crippen molar-refractivity contribution < 1.29 is 15.0 Å². The molecule has 39 heavy (non-hydrogen) atoms. The maximum atomic E-state index is 13.2. The molecule has 10 atom stereocenters. The van der Waals surface area contributed by atoms with E-state index in [1.54, 1.807) is 0 Å². The lowest BCUT2D eigenvalue weighted by Gasteiger charge is -2.62. The molecule has 1 aromatic rings. The monoisotopic (exact) mass is 537 g/mol. The average molecular weight is 538 g/mol. The molecular formula is C33H51N3O3. The number of hydrogen-bond acceptors (Lipinski definition) is 5. The van der Waals surface area contributed by atoms with Crippen LogP contribution in [-0.4, -0.2) is 64.4 Å². The number of fused-ring (bicyclic) bond motifs is 5. The van der Waals surface area contributed by atoms with E-state index in [9.17, 15) is 15.0 Å². The number of rotatable bonds is 5. The molecular weight excluding hydrogens is 486 g/mol. The molecule has 6 rings (SSSR count). The van der Waals surface area contributed by atoms with E-state index >= 15 is 0 Å². The van der Waals surface area contributed by atoms with Crippen molar-refractivity contribution in [3.05, 3.63) is 24.4 Å². The van der Waals surface area contributed by atoms with Crippen LogP contribution in [0, 0.1) is 46.3 Å². The Kier molecular flexibility index (Phi) is 7.50. The van der Waals surface area contributed by atoms with E-state index < -0.39 is 0 Å². The summed E-state index contributed by atoms with van der Waals surface area (Å²) in [7, 11) is 0. The van der Waals surface area contributed by atoms with Crippen molar-refractivity contribution >= 4 is 11.7 Å². The normalized spacial score (nSPS) is 42.8. The molecule has 1 saturated heterocycles. The lowest BCUT2D eigenvalue weighted by molar-refractivity contribution is -0.175. The number of anilines is 1. The fourth-order valence-corrected chi connectivity index (χ4v) is 10.6. The van der Waals surface area contributed by atoms with E-state index in [-0.39, 0.29) is 28.9 Å². The molecule has 1 amide bonds. The number of carbonyl (C=O) groups excluding carboxylic acids is 1. The Bertz CT molecular complexity index is 1010. The Balaban J connectivity index is 1.06. The summed E-state index contributed by atoms with van der Waals surface area (Å²) in [6.45, 7) is 10.5. The molecule has 2 heterocycles. The van der Waals surface area contributed by atoms with Crippen LogP contribution in [0.3, 0.4) is 0 Å². The summed E-state index contributed by atoms with van der Waals surface area (Å²) in [6.07, 6.45) is 11.9. The second kappa shape index (κ2) is 10.6. The third kappa shape index (κ3) is 4.71. The van der Waals surface area contributed by atoms with Gasteiger partial charge in [0, 0.05) is 38.8 Å². The fourth-order valence-electron chi connectivity index (χ4n) is 10.6. The van der Waals surface area contributed by atoms with Crippen molar-refractivity contribution in [2.24, 2.45) is 46.3 Å². The third-order valence-electron chi connectivity index (χ3n) is 12.9. The molecule has 4 saturated carbocycles. The Hall–Kier alpha value is -1.66. The Morgan fingerprint density at radius 1 is 1.03 bits per heavy atom. The Morgan fingerprint density at radius 3 is 2.56 bits per heavy atom. The highest BCUT2D eigenvalue weighted by Crippen LogP contribution is 2.68. The number of hydrogen-bond donors (Lipinski definition) is 2. The van der Waals surface area contributed by atoms with Gasteiger partial charge in [0.25, 0.3) is 0 Å². The van der Waals surface area contributed by atoms with Crippen molar-refractivity contribution in [3.63, 3.8) is 0 Å². The highest BCUT2D eigenvalue weighted by Gasteiger charge is 2.63. The van der Waals surface area contributed by atoms with Gasteiger partial charge in [0.15, 0.2) is 0 Å². The number of piperazine rings is 1. The molecule has 1 aromatic heterocycles. The minimum absolute atomic E-state index is 0.0324. The highest BCUT2D eigenvalue weighted by atomic mass is 16.3. The lowest BCUT2D eigenvalue weighted by Crippen LogP contribution is -2.58. The Labute approximate surface area is 235 Å². The summed E-state index contributed by atoms with van der Waals surface area (Å²) in [5, 5.41) is 22.2. The highest BCUT2D eigenvalue weighted by molar-refractivity contribution is 5.76. The topological polar surface area (TPSA) is 76.9 Å². The van der Waals surface area contributed by atoms with Crippen molar-refractivity contribution in [1.82, 2.24) is 9.88 Å². The number of nitrogens with zero attached hydrogens (tertiary/aromatic N) is 3. The number of aromatic nitrogens is 1. The van der Waals surface area contributed by atoms with E-state index in [4.69, 9.17) is 0 Å². The first-order valence-electron chi connectivity index (χ1n) is 16.0. The van der Waals surface area contributed by atoms with Crippen LogP contribution in [0.4, 0.5) is 5.82 Å². The summed E-state index contributed by atoms with van der Waals surface area (Å²) >= 11 is 0. The zero-order valence-corrected chi connectivity index (χ0v) is 24.5. The van der Waals surface area contributed by atoms with Crippen LogP contribution in [0.25, 0.3) is 0 Å². The van der Waals surface area contributed by atoms with Crippen molar-refractivity contribution in [2.75, 3.05) is 31.1 Å². The van der Waals surface area contributed by atoms with E-state index in [1.807, 2.05) is 29.3 Å². The lowest BCUT2D eigenvalue weighted by atomic mass is 9.43. The van der Waals surface area contributed by atoms with Crippen LogP contribution in [-0.2, 0) is 4.79 Å². The first-order valence-corrected chi connectivity index (χ1v) is 16.0. The molecule has 6 heteroatoms. The number of aliphatic hydroxyl groups excluding tert-OH is 2. The predicted molar refractivity (Wildman–Crippen MR) is 154 cm³/mol. The first kappa shape index (κ1) is 27.5. The maximum absolute atomic E-state index is 13.2.